The molecular weight excluding hydrogens is 222 g/mol. The monoisotopic (exact) mass is 235 g/mol. The van der Waals surface area contributed by atoms with E-state index >= 15 is 0 Å². The average molecular weight is 236 g/mol. The van der Waals surface area contributed by atoms with Crippen molar-refractivity contribution in [3.05, 3.63) is 28.8 Å². The summed E-state index contributed by atoms with van der Waals surface area (Å²) < 4.78 is 5.69. The molecule has 0 saturated heterocycles. The molecule has 0 radical (unpaired) electrons. The number of hydrogen-bond acceptors (Lipinski definition) is 2. The Morgan fingerprint density at radius 2 is 2.25 bits per heavy atom. The normalized spacial score (nSPS) is 16.6. The van der Waals surface area contributed by atoms with Gasteiger partial charge in [0.2, 0.25) is 0 Å². The van der Waals surface area contributed by atoms with Gasteiger partial charge >= 0.3 is 0 Å². The fourth-order valence-electron chi connectivity index (χ4n) is 1.67. The lowest BCUT2D eigenvalue weighted by molar-refractivity contribution is 0.237. The van der Waals surface area contributed by atoms with Gasteiger partial charge < -0.3 is 4.74 Å². The Balaban J connectivity index is 1.98. The van der Waals surface area contributed by atoms with Crippen LogP contribution >= 0.6 is 11.6 Å². The molecule has 84 valence electrons. The van der Waals surface area contributed by atoms with Crippen molar-refractivity contribution in [1.29, 1.82) is 5.26 Å². The molecule has 0 aliphatic heterocycles. The van der Waals surface area contributed by atoms with Crippen LogP contribution in [0.2, 0.25) is 5.02 Å². The molecule has 0 heterocycles. The van der Waals surface area contributed by atoms with Gasteiger partial charge in [-0.25, -0.2) is 0 Å². The van der Waals surface area contributed by atoms with Crippen molar-refractivity contribution in [2.45, 2.75) is 26.2 Å². The topological polar surface area (TPSA) is 33.0 Å². The largest absolute Gasteiger partial charge is 0.491 e. The minimum absolute atomic E-state index is 0.100. The highest BCUT2D eigenvalue weighted by atomic mass is 35.5. The standard InChI is InChI=1S/C13H14ClNO/c1-10-2-3-12(11(14)8-10)16-9-13(4-5-13)6-7-15/h2-3,8H,4-6,9H2,1H3. The van der Waals surface area contributed by atoms with Crippen LogP contribution in [0.1, 0.15) is 24.8 Å². The summed E-state index contributed by atoms with van der Waals surface area (Å²) in [5.41, 5.74) is 1.22. The van der Waals surface area contributed by atoms with Crippen molar-refractivity contribution >= 4 is 11.6 Å². The fraction of sp³-hybridized carbons (Fsp3) is 0.462. The van der Waals surface area contributed by atoms with Crippen molar-refractivity contribution in [1.82, 2.24) is 0 Å². The van der Waals surface area contributed by atoms with Gasteiger partial charge in [-0.15, -0.1) is 0 Å². The number of halogens is 1. The number of aryl methyl sites for hydroxylation is 1. The van der Waals surface area contributed by atoms with E-state index < -0.39 is 0 Å². The minimum Gasteiger partial charge on any atom is -0.491 e. The number of rotatable bonds is 4. The van der Waals surface area contributed by atoms with Crippen molar-refractivity contribution < 1.29 is 4.74 Å². The van der Waals surface area contributed by atoms with E-state index in [0.29, 0.717) is 18.1 Å². The Bertz CT molecular complexity index is 432. The Hall–Kier alpha value is -1.20. The number of hydrogen-bond donors (Lipinski definition) is 0. The molecule has 3 heteroatoms. The molecule has 0 spiro atoms. The van der Waals surface area contributed by atoms with E-state index in [0.717, 1.165) is 24.2 Å². The van der Waals surface area contributed by atoms with Gasteiger partial charge in [-0.2, -0.15) is 5.26 Å². The molecule has 1 aromatic rings. The maximum absolute atomic E-state index is 8.70. The van der Waals surface area contributed by atoms with Gasteiger partial charge in [0.1, 0.15) is 5.75 Å². The molecule has 1 fully saturated rings. The van der Waals surface area contributed by atoms with Gasteiger partial charge in [-0.3, -0.25) is 0 Å². The van der Waals surface area contributed by atoms with Gasteiger partial charge in [0.05, 0.1) is 17.7 Å². The third-order valence-electron chi connectivity index (χ3n) is 3.03. The first kappa shape index (κ1) is 11.3. The van der Waals surface area contributed by atoms with E-state index in [9.17, 15) is 0 Å². The van der Waals surface area contributed by atoms with Crippen molar-refractivity contribution in [3.63, 3.8) is 0 Å². The summed E-state index contributed by atoms with van der Waals surface area (Å²) >= 11 is 6.07. The van der Waals surface area contributed by atoms with Gasteiger partial charge in [0.15, 0.2) is 0 Å². The van der Waals surface area contributed by atoms with E-state index in [-0.39, 0.29) is 5.41 Å². The van der Waals surface area contributed by atoms with Gasteiger partial charge in [-0.05, 0) is 37.5 Å². The van der Waals surface area contributed by atoms with Crippen molar-refractivity contribution in [2.24, 2.45) is 5.41 Å². The lowest BCUT2D eigenvalue weighted by atomic mass is 10.1. The van der Waals surface area contributed by atoms with E-state index in [2.05, 4.69) is 6.07 Å². The summed E-state index contributed by atoms with van der Waals surface area (Å²) in [6, 6.07) is 7.97. The van der Waals surface area contributed by atoms with Crippen LogP contribution in [0, 0.1) is 23.7 Å². The Morgan fingerprint density at radius 1 is 1.50 bits per heavy atom. The molecule has 2 nitrogen and oxygen atoms in total. The average Bonchev–Trinajstić information content (AvgIpc) is 2.98. The van der Waals surface area contributed by atoms with E-state index in [1.165, 1.54) is 0 Å². The molecule has 2 rings (SSSR count). The van der Waals surface area contributed by atoms with Crippen molar-refractivity contribution in [3.8, 4) is 11.8 Å². The first-order valence-corrected chi connectivity index (χ1v) is 5.79. The quantitative estimate of drug-likeness (QED) is 0.797. The second-order valence-corrected chi connectivity index (χ2v) is 4.96. The summed E-state index contributed by atoms with van der Waals surface area (Å²) in [4.78, 5) is 0. The maximum Gasteiger partial charge on any atom is 0.137 e. The van der Waals surface area contributed by atoms with Gasteiger partial charge in [0.25, 0.3) is 0 Å². The number of nitrogens with zero attached hydrogens (tertiary/aromatic N) is 1. The van der Waals surface area contributed by atoms with Crippen LogP contribution in [-0.2, 0) is 0 Å². The van der Waals surface area contributed by atoms with E-state index in [4.69, 9.17) is 21.6 Å². The minimum atomic E-state index is 0.100. The van der Waals surface area contributed by atoms with Crippen LogP contribution in [0.25, 0.3) is 0 Å². The van der Waals surface area contributed by atoms with Crippen LogP contribution in [0.4, 0.5) is 0 Å². The van der Waals surface area contributed by atoms with Crippen LogP contribution < -0.4 is 4.74 Å². The van der Waals surface area contributed by atoms with Crippen molar-refractivity contribution in [2.75, 3.05) is 6.61 Å². The highest BCUT2D eigenvalue weighted by Gasteiger charge is 2.43. The molecular formula is C13H14ClNO. The molecule has 0 bridgehead atoms. The smallest absolute Gasteiger partial charge is 0.137 e. The van der Waals surface area contributed by atoms with E-state index in [1.807, 2.05) is 25.1 Å². The Morgan fingerprint density at radius 3 is 2.81 bits per heavy atom. The van der Waals surface area contributed by atoms with Gasteiger partial charge in [0, 0.05) is 11.8 Å². The zero-order valence-corrected chi connectivity index (χ0v) is 10.0. The Labute approximate surface area is 101 Å². The van der Waals surface area contributed by atoms with E-state index in [1.54, 1.807) is 0 Å². The first-order chi connectivity index (χ1) is 7.65. The molecule has 16 heavy (non-hydrogen) atoms. The number of nitriles is 1. The van der Waals surface area contributed by atoms with Crippen LogP contribution in [0.15, 0.2) is 18.2 Å². The molecule has 0 N–H and O–H groups in total. The molecule has 1 aliphatic carbocycles. The van der Waals surface area contributed by atoms with Crippen LogP contribution in [-0.4, -0.2) is 6.61 Å². The summed E-state index contributed by atoms with van der Waals surface area (Å²) in [5, 5.41) is 9.34. The lowest BCUT2D eigenvalue weighted by Crippen LogP contribution is -2.12. The molecule has 1 saturated carbocycles. The third kappa shape index (κ3) is 2.48. The molecule has 1 aliphatic rings. The van der Waals surface area contributed by atoms with Crippen LogP contribution in [0.3, 0.4) is 0 Å². The predicted octanol–water partition coefficient (Wildman–Crippen LogP) is 3.72. The molecule has 0 atom stereocenters. The summed E-state index contributed by atoms with van der Waals surface area (Å²) in [6.07, 6.45) is 2.75. The lowest BCUT2D eigenvalue weighted by Gasteiger charge is -2.14. The summed E-state index contributed by atoms with van der Waals surface area (Å²) in [5.74, 6) is 0.719. The zero-order chi connectivity index (χ0) is 11.6. The summed E-state index contributed by atoms with van der Waals surface area (Å²) in [7, 11) is 0. The molecule has 0 amide bonds. The molecule has 1 aromatic carbocycles. The third-order valence-corrected chi connectivity index (χ3v) is 3.33. The first-order valence-electron chi connectivity index (χ1n) is 5.41. The number of ether oxygens (including phenoxy) is 1. The highest BCUT2D eigenvalue weighted by molar-refractivity contribution is 6.32. The maximum atomic E-state index is 8.70. The second-order valence-electron chi connectivity index (χ2n) is 4.56. The Kier molecular flexibility index (Phi) is 3.07. The second kappa shape index (κ2) is 4.35. The summed E-state index contributed by atoms with van der Waals surface area (Å²) in [6.45, 7) is 2.59. The predicted molar refractivity (Wildman–Crippen MR) is 63.6 cm³/mol. The SMILES string of the molecule is Cc1ccc(OCC2(CC#N)CC2)c(Cl)c1. The van der Waals surface area contributed by atoms with Crippen LogP contribution in [0.5, 0.6) is 5.75 Å². The molecule has 0 aromatic heterocycles. The molecule has 0 unspecified atom stereocenters. The zero-order valence-electron chi connectivity index (χ0n) is 9.29. The number of benzene rings is 1. The van der Waals surface area contributed by atoms with Gasteiger partial charge in [-0.1, -0.05) is 17.7 Å². The highest BCUT2D eigenvalue weighted by Crippen LogP contribution is 2.49. The fourth-order valence-corrected chi connectivity index (χ4v) is 1.96.